The molecule has 172 valence electrons. The molecule has 2 aromatic carbocycles. The number of hydrogen-bond donors (Lipinski definition) is 1. The molecule has 2 aliphatic heterocycles. The zero-order valence-corrected chi connectivity index (χ0v) is 18.4. The van der Waals surface area contributed by atoms with Gasteiger partial charge in [0.25, 0.3) is 5.69 Å². The number of carbonyl (C=O) groups is 1. The number of imidazole rings is 1. The van der Waals surface area contributed by atoms with Gasteiger partial charge in [0.05, 0.1) is 33.3 Å². The Labute approximate surface area is 196 Å². The number of halogens is 1. The van der Waals surface area contributed by atoms with Crippen LogP contribution in [0.2, 0.25) is 5.02 Å². The van der Waals surface area contributed by atoms with Crippen molar-refractivity contribution in [3.63, 3.8) is 0 Å². The highest BCUT2D eigenvalue weighted by molar-refractivity contribution is 6.32. The molecule has 34 heavy (non-hydrogen) atoms. The molecule has 0 radical (unpaired) electrons. The van der Waals surface area contributed by atoms with Gasteiger partial charge in [-0.05, 0) is 43.2 Å². The number of amides is 1. The molecule has 1 N–H and O–H groups in total. The van der Waals surface area contributed by atoms with Gasteiger partial charge in [-0.3, -0.25) is 19.6 Å². The molecule has 3 aromatic rings. The predicted molar refractivity (Wildman–Crippen MR) is 118 cm³/mol. The average Bonchev–Trinajstić information content (AvgIpc) is 3.48. The van der Waals surface area contributed by atoms with Crippen LogP contribution < -0.4 is 10.4 Å². The maximum atomic E-state index is 13.2. The van der Waals surface area contributed by atoms with E-state index in [1.807, 2.05) is 6.07 Å². The minimum atomic E-state index is -0.690. The number of nitro groups is 1. The highest BCUT2D eigenvalue weighted by Gasteiger charge is 2.50. The molecule has 2 unspecified atom stereocenters. The van der Waals surface area contributed by atoms with Crippen molar-refractivity contribution in [2.45, 2.75) is 25.4 Å². The largest absolute Gasteiger partial charge is 0.493 e. The fraction of sp³-hybridized carbons (Fsp3) is 0.227. The van der Waals surface area contributed by atoms with Crippen LogP contribution in [-0.2, 0) is 0 Å². The van der Waals surface area contributed by atoms with E-state index in [2.05, 4.69) is 0 Å². The standard InChI is InChI=1S/C22H16ClN5O6/c1-11-16(7-2-12(9-24)18(11)23)27-20(29)19-17-8-14(26(19)21(27)30)10-25(17)22(31)34-15-5-3-13(4-6-15)28(32)33/h2-7,14,17,29H,8,10H2,1H3. The Morgan fingerprint density at radius 3 is 2.65 bits per heavy atom. The topological polar surface area (TPSA) is 144 Å². The molecule has 1 saturated heterocycles. The number of nitriles is 1. The number of hydrogen-bond acceptors (Lipinski definition) is 7. The molecular weight excluding hydrogens is 466 g/mol. The summed E-state index contributed by atoms with van der Waals surface area (Å²) in [6.07, 6.45) is -0.244. The molecule has 1 aromatic heterocycles. The van der Waals surface area contributed by atoms with E-state index in [0.717, 1.165) is 4.57 Å². The summed E-state index contributed by atoms with van der Waals surface area (Å²) in [6.45, 7) is 1.86. The van der Waals surface area contributed by atoms with E-state index >= 15 is 0 Å². The molecule has 5 rings (SSSR count). The van der Waals surface area contributed by atoms with E-state index in [4.69, 9.17) is 16.3 Å². The summed E-state index contributed by atoms with van der Waals surface area (Å²) in [7, 11) is 0. The summed E-state index contributed by atoms with van der Waals surface area (Å²) in [5.74, 6) is -0.172. The Bertz CT molecular complexity index is 1470. The van der Waals surface area contributed by atoms with Gasteiger partial charge >= 0.3 is 11.8 Å². The number of aromatic hydroxyl groups is 1. The Morgan fingerprint density at radius 1 is 1.29 bits per heavy atom. The van der Waals surface area contributed by atoms with Crippen LogP contribution in [0, 0.1) is 28.4 Å². The first-order valence-corrected chi connectivity index (χ1v) is 10.6. The quantitative estimate of drug-likeness (QED) is 0.444. The van der Waals surface area contributed by atoms with Crippen LogP contribution in [0.5, 0.6) is 11.6 Å². The second-order valence-corrected chi connectivity index (χ2v) is 8.43. The number of ether oxygens (including phenoxy) is 1. The lowest BCUT2D eigenvalue weighted by molar-refractivity contribution is -0.384. The monoisotopic (exact) mass is 481 g/mol. The Hall–Kier alpha value is -4.30. The summed E-state index contributed by atoms with van der Waals surface area (Å²) in [5, 5.41) is 31.2. The van der Waals surface area contributed by atoms with Crippen molar-refractivity contribution in [3.8, 4) is 23.4 Å². The SMILES string of the molecule is Cc1c(-n2c(O)c3n(c2=O)C2CC3N(C(=O)Oc3ccc([N+](=O)[O-])cc3)C2)ccc(C#N)c1Cl. The third kappa shape index (κ3) is 3.03. The first-order chi connectivity index (χ1) is 16.2. The van der Waals surface area contributed by atoms with E-state index in [1.165, 1.54) is 39.8 Å². The van der Waals surface area contributed by atoms with Gasteiger partial charge in [-0.15, -0.1) is 0 Å². The van der Waals surface area contributed by atoms with Crippen molar-refractivity contribution in [2.24, 2.45) is 0 Å². The average molecular weight is 482 g/mol. The molecule has 2 aliphatic rings. The Kier molecular flexibility index (Phi) is 4.84. The van der Waals surface area contributed by atoms with Crippen LogP contribution in [-0.4, -0.2) is 36.7 Å². The summed E-state index contributed by atoms with van der Waals surface area (Å²) in [4.78, 5) is 37.7. The molecule has 0 aliphatic carbocycles. The maximum Gasteiger partial charge on any atom is 0.415 e. The van der Waals surface area contributed by atoms with E-state index in [-0.39, 0.29) is 40.5 Å². The number of aromatic nitrogens is 2. The first-order valence-electron chi connectivity index (χ1n) is 10.2. The fourth-order valence-corrected chi connectivity index (χ4v) is 4.87. The van der Waals surface area contributed by atoms with Gasteiger partial charge in [-0.25, -0.2) is 14.2 Å². The van der Waals surface area contributed by atoms with Gasteiger partial charge in [-0.2, -0.15) is 5.26 Å². The normalized spacial score (nSPS) is 18.0. The van der Waals surface area contributed by atoms with Gasteiger partial charge in [0.15, 0.2) is 0 Å². The summed E-state index contributed by atoms with van der Waals surface area (Å²) < 4.78 is 7.96. The highest BCUT2D eigenvalue weighted by Crippen LogP contribution is 2.49. The molecule has 3 heterocycles. The van der Waals surface area contributed by atoms with Gasteiger partial charge in [-0.1, -0.05) is 11.6 Å². The second-order valence-electron chi connectivity index (χ2n) is 8.06. The highest BCUT2D eigenvalue weighted by atomic mass is 35.5. The number of fused-ring (bicyclic) bond motifs is 5. The molecule has 2 atom stereocenters. The number of likely N-dealkylation sites (tertiary alicyclic amines) is 1. The zero-order valence-electron chi connectivity index (χ0n) is 17.6. The van der Waals surface area contributed by atoms with Gasteiger partial charge in [0, 0.05) is 18.7 Å². The lowest BCUT2D eigenvalue weighted by Gasteiger charge is -2.26. The molecule has 0 saturated carbocycles. The van der Waals surface area contributed by atoms with E-state index in [1.54, 1.807) is 13.0 Å². The minimum Gasteiger partial charge on any atom is -0.493 e. The van der Waals surface area contributed by atoms with Crippen molar-refractivity contribution in [3.05, 3.63) is 78.8 Å². The molecular formula is C22H16ClN5O6. The van der Waals surface area contributed by atoms with Crippen LogP contribution in [0.4, 0.5) is 10.5 Å². The molecule has 1 fully saturated rings. The van der Waals surface area contributed by atoms with Gasteiger partial charge in [0.2, 0.25) is 5.88 Å². The van der Waals surface area contributed by atoms with Crippen molar-refractivity contribution >= 4 is 23.4 Å². The Balaban J connectivity index is 1.47. The van der Waals surface area contributed by atoms with Gasteiger partial charge in [0.1, 0.15) is 17.5 Å². The van der Waals surface area contributed by atoms with Crippen molar-refractivity contribution in [1.29, 1.82) is 5.26 Å². The third-order valence-corrected chi connectivity index (χ3v) is 6.75. The van der Waals surface area contributed by atoms with Gasteiger partial charge < -0.3 is 9.84 Å². The van der Waals surface area contributed by atoms with E-state index in [0.29, 0.717) is 23.4 Å². The Morgan fingerprint density at radius 2 is 2.00 bits per heavy atom. The van der Waals surface area contributed by atoms with Crippen LogP contribution in [0.25, 0.3) is 5.69 Å². The number of nitro benzene ring substituents is 1. The predicted octanol–water partition coefficient (Wildman–Crippen LogP) is 3.59. The van der Waals surface area contributed by atoms with Crippen molar-refractivity contribution in [2.75, 3.05) is 6.54 Å². The molecule has 0 spiro atoms. The number of non-ortho nitro benzene ring substituents is 1. The lowest BCUT2D eigenvalue weighted by atomic mass is 10.1. The maximum absolute atomic E-state index is 13.2. The van der Waals surface area contributed by atoms with E-state index in [9.17, 15) is 30.1 Å². The number of nitrogens with zero attached hydrogens (tertiary/aromatic N) is 5. The van der Waals surface area contributed by atoms with Crippen molar-refractivity contribution < 1.29 is 19.6 Å². The first kappa shape index (κ1) is 21.5. The fourth-order valence-electron chi connectivity index (χ4n) is 4.66. The van der Waals surface area contributed by atoms with E-state index < -0.39 is 22.7 Å². The number of benzene rings is 2. The van der Waals surface area contributed by atoms with Crippen LogP contribution in [0.1, 0.15) is 35.3 Å². The third-order valence-electron chi connectivity index (χ3n) is 6.26. The van der Waals surface area contributed by atoms with Crippen LogP contribution in [0.3, 0.4) is 0 Å². The zero-order chi connectivity index (χ0) is 24.3. The smallest absolute Gasteiger partial charge is 0.415 e. The summed E-state index contributed by atoms with van der Waals surface area (Å²) >= 11 is 6.25. The lowest BCUT2D eigenvalue weighted by Crippen LogP contribution is -2.39. The molecule has 2 bridgehead atoms. The van der Waals surface area contributed by atoms with Crippen molar-refractivity contribution in [1.82, 2.24) is 14.0 Å². The van der Waals surface area contributed by atoms with Crippen LogP contribution >= 0.6 is 11.6 Å². The number of rotatable bonds is 3. The second kappa shape index (κ2) is 7.64. The molecule has 11 nitrogen and oxygen atoms in total. The minimum absolute atomic E-state index is 0.131. The summed E-state index contributed by atoms with van der Waals surface area (Å²) in [6, 6.07) is 9.17. The number of carbonyl (C=O) groups excluding carboxylic acids is 1. The molecule has 1 amide bonds. The molecule has 12 heteroatoms. The van der Waals surface area contributed by atoms with Crippen LogP contribution in [0.15, 0.2) is 41.2 Å². The summed E-state index contributed by atoms with van der Waals surface area (Å²) in [5.41, 5.74) is 0.752.